The number of nitrogens with zero attached hydrogens (tertiary/aromatic N) is 1. The van der Waals surface area contributed by atoms with Crippen molar-refractivity contribution in [1.82, 2.24) is 10.2 Å². The van der Waals surface area contributed by atoms with Crippen LogP contribution in [-0.4, -0.2) is 36.3 Å². The first kappa shape index (κ1) is 27.4. The zero-order chi connectivity index (χ0) is 29.2. The number of rotatable bonds is 7. The lowest BCUT2D eigenvalue weighted by atomic mass is 9.87. The standard InChI is InChI=1S/C35H31FN2O4/c1-42-35(41)25-9-5-8-24(18-25)28-15-12-26(20-37-33(39)31-19-30(31)22-6-3-2-4-7-22)32-21-38(17-16-29(28)32)34(40)23-10-13-27(36)14-11-23/h2-15,18,30-31H,16-17,19-21H2,1H3,(H,37,39). The Kier molecular flexibility index (Phi) is 7.57. The van der Waals surface area contributed by atoms with Gasteiger partial charge in [0.25, 0.3) is 5.91 Å². The van der Waals surface area contributed by atoms with E-state index in [0.717, 1.165) is 34.2 Å². The predicted molar refractivity (Wildman–Crippen MR) is 157 cm³/mol. The molecular formula is C35H31FN2O4. The quantitative estimate of drug-likeness (QED) is 0.285. The maximum Gasteiger partial charge on any atom is 0.337 e. The molecule has 0 radical (unpaired) electrons. The summed E-state index contributed by atoms with van der Waals surface area (Å²) < 4.78 is 18.4. The van der Waals surface area contributed by atoms with Crippen LogP contribution in [0.3, 0.4) is 0 Å². The summed E-state index contributed by atoms with van der Waals surface area (Å²) in [6.07, 6.45) is 1.43. The van der Waals surface area contributed by atoms with E-state index in [1.807, 2.05) is 48.5 Å². The lowest BCUT2D eigenvalue weighted by Crippen LogP contribution is -2.37. The summed E-state index contributed by atoms with van der Waals surface area (Å²) in [5.41, 5.74) is 6.94. The third-order valence-electron chi connectivity index (χ3n) is 8.29. The fourth-order valence-electron chi connectivity index (χ4n) is 5.92. The highest BCUT2D eigenvalue weighted by Crippen LogP contribution is 2.47. The molecule has 4 aromatic carbocycles. The highest BCUT2D eigenvalue weighted by molar-refractivity contribution is 5.94. The number of hydrogen-bond acceptors (Lipinski definition) is 4. The van der Waals surface area contributed by atoms with Crippen LogP contribution in [0.5, 0.6) is 0 Å². The molecule has 0 saturated heterocycles. The summed E-state index contributed by atoms with van der Waals surface area (Å²) in [7, 11) is 1.36. The van der Waals surface area contributed by atoms with Crippen molar-refractivity contribution in [3.8, 4) is 11.1 Å². The molecule has 6 rings (SSSR count). The maximum atomic E-state index is 13.5. The number of halogens is 1. The second kappa shape index (κ2) is 11.6. The molecule has 1 heterocycles. The van der Waals surface area contributed by atoms with Gasteiger partial charge in [-0.2, -0.15) is 0 Å². The van der Waals surface area contributed by atoms with E-state index in [2.05, 4.69) is 17.4 Å². The lowest BCUT2D eigenvalue weighted by Gasteiger charge is -2.32. The minimum Gasteiger partial charge on any atom is -0.465 e. The fourth-order valence-corrected chi connectivity index (χ4v) is 5.92. The molecule has 1 fully saturated rings. The van der Waals surface area contributed by atoms with E-state index in [0.29, 0.717) is 37.2 Å². The van der Waals surface area contributed by atoms with Crippen LogP contribution >= 0.6 is 0 Å². The van der Waals surface area contributed by atoms with Crippen molar-refractivity contribution >= 4 is 17.8 Å². The van der Waals surface area contributed by atoms with E-state index in [1.54, 1.807) is 11.0 Å². The molecule has 212 valence electrons. The zero-order valence-corrected chi connectivity index (χ0v) is 23.3. The van der Waals surface area contributed by atoms with Crippen LogP contribution in [0.25, 0.3) is 11.1 Å². The second-order valence-electron chi connectivity index (χ2n) is 10.9. The molecule has 42 heavy (non-hydrogen) atoms. The number of methoxy groups -OCH3 is 1. The number of carbonyl (C=O) groups is 3. The van der Waals surface area contributed by atoms with E-state index in [1.165, 1.54) is 36.9 Å². The van der Waals surface area contributed by atoms with Crippen molar-refractivity contribution in [1.29, 1.82) is 0 Å². The first-order valence-corrected chi connectivity index (χ1v) is 14.1. The van der Waals surface area contributed by atoms with Crippen molar-refractivity contribution in [2.24, 2.45) is 5.92 Å². The second-order valence-corrected chi connectivity index (χ2v) is 10.9. The fraction of sp³-hybridized carbons (Fsp3) is 0.229. The number of benzene rings is 4. The van der Waals surface area contributed by atoms with Crippen molar-refractivity contribution in [2.75, 3.05) is 13.7 Å². The summed E-state index contributed by atoms with van der Waals surface area (Å²) >= 11 is 0. The molecule has 0 aromatic heterocycles. The van der Waals surface area contributed by atoms with Gasteiger partial charge in [0.1, 0.15) is 5.82 Å². The van der Waals surface area contributed by atoms with Gasteiger partial charge >= 0.3 is 5.97 Å². The summed E-state index contributed by atoms with van der Waals surface area (Å²) in [5, 5.41) is 3.14. The van der Waals surface area contributed by atoms with Gasteiger partial charge in [-0.25, -0.2) is 9.18 Å². The third-order valence-corrected chi connectivity index (χ3v) is 8.29. The summed E-state index contributed by atoms with van der Waals surface area (Å²) in [4.78, 5) is 40.4. The Morgan fingerprint density at radius 1 is 0.905 bits per heavy atom. The van der Waals surface area contributed by atoms with Gasteiger partial charge in [-0.15, -0.1) is 0 Å². The number of hydrogen-bond donors (Lipinski definition) is 1. The van der Waals surface area contributed by atoms with E-state index in [4.69, 9.17) is 4.74 Å². The Bertz CT molecular complexity index is 1650. The van der Waals surface area contributed by atoms with Crippen LogP contribution in [0.4, 0.5) is 4.39 Å². The Morgan fingerprint density at radius 3 is 2.45 bits per heavy atom. The van der Waals surface area contributed by atoms with Crippen LogP contribution < -0.4 is 5.32 Å². The van der Waals surface area contributed by atoms with Crippen LogP contribution in [0.15, 0.2) is 91.0 Å². The molecule has 2 aliphatic rings. The van der Waals surface area contributed by atoms with Crippen LogP contribution in [-0.2, 0) is 29.0 Å². The Labute approximate surface area is 244 Å². The van der Waals surface area contributed by atoms with Gasteiger partial charge in [0.15, 0.2) is 0 Å². The molecule has 7 heteroatoms. The highest BCUT2D eigenvalue weighted by Gasteiger charge is 2.43. The van der Waals surface area contributed by atoms with Crippen molar-refractivity contribution in [3.05, 3.63) is 130 Å². The minimum absolute atomic E-state index is 0.0301. The summed E-state index contributed by atoms with van der Waals surface area (Å²) in [5.74, 6) is -0.735. The molecule has 1 aliphatic heterocycles. The molecule has 2 atom stereocenters. The highest BCUT2D eigenvalue weighted by atomic mass is 19.1. The third kappa shape index (κ3) is 5.55. The zero-order valence-electron chi connectivity index (χ0n) is 23.3. The largest absolute Gasteiger partial charge is 0.465 e. The number of esters is 1. The summed E-state index contributed by atoms with van der Waals surface area (Å²) in [6, 6.07) is 27.0. The Morgan fingerprint density at radius 2 is 1.69 bits per heavy atom. The predicted octanol–water partition coefficient (Wildman–Crippen LogP) is 5.90. The monoisotopic (exact) mass is 562 g/mol. The number of ether oxygens (including phenoxy) is 1. The molecule has 2 unspecified atom stereocenters. The average Bonchev–Trinajstić information content (AvgIpc) is 3.85. The van der Waals surface area contributed by atoms with Gasteiger partial charge in [-0.05, 0) is 88.5 Å². The number of nitrogens with one attached hydrogen (secondary N) is 1. The average molecular weight is 563 g/mol. The number of amides is 2. The molecule has 1 saturated carbocycles. The Balaban J connectivity index is 1.28. The van der Waals surface area contributed by atoms with Gasteiger partial charge in [0.2, 0.25) is 5.91 Å². The molecule has 0 bridgehead atoms. The normalized spacial score (nSPS) is 17.2. The van der Waals surface area contributed by atoms with E-state index < -0.39 is 11.8 Å². The molecule has 1 N–H and O–H groups in total. The smallest absolute Gasteiger partial charge is 0.337 e. The van der Waals surface area contributed by atoms with Gasteiger partial charge in [-0.3, -0.25) is 9.59 Å². The number of carbonyl (C=O) groups excluding carboxylic acids is 3. The Hall–Kier alpha value is -4.78. The van der Waals surface area contributed by atoms with Crippen LogP contribution in [0, 0.1) is 11.7 Å². The van der Waals surface area contributed by atoms with Gasteiger partial charge < -0.3 is 15.0 Å². The molecule has 4 aromatic rings. The van der Waals surface area contributed by atoms with Crippen LogP contribution in [0.1, 0.15) is 55.3 Å². The van der Waals surface area contributed by atoms with Gasteiger partial charge in [-0.1, -0.05) is 54.6 Å². The van der Waals surface area contributed by atoms with Crippen molar-refractivity contribution in [3.63, 3.8) is 0 Å². The van der Waals surface area contributed by atoms with Crippen LogP contribution in [0.2, 0.25) is 0 Å². The maximum absolute atomic E-state index is 13.5. The SMILES string of the molecule is COC(=O)c1cccc(-c2ccc(CNC(=O)C3CC3c3ccccc3)c3c2CCN(C(=O)c2ccc(F)cc2)C3)c1. The molecular weight excluding hydrogens is 531 g/mol. The van der Waals surface area contributed by atoms with E-state index in [9.17, 15) is 18.8 Å². The van der Waals surface area contributed by atoms with E-state index >= 15 is 0 Å². The molecule has 6 nitrogen and oxygen atoms in total. The molecule has 2 amide bonds. The van der Waals surface area contributed by atoms with Crippen molar-refractivity contribution < 1.29 is 23.5 Å². The number of fused-ring (bicyclic) bond motifs is 1. The summed E-state index contributed by atoms with van der Waals surface area (Å²) in [6.45, 7) is 1.20. The minimum atomic E-state index is -0.407. The van der Waals surface area contributed by atoms with Gasteiger partial charge in [0, 0.05) is 31.1 Å². The molecule has 1 aliphatic carbocycles. The van der Waals surface area contributed by atoms with Gasteiger partial charge in [0.05, 0.1) is 12.7 Å². The first-order valence-electron chi connectivity index (χ1n) is 14.1. The van der Waals surface area contributed by atoms with Crippen molar-refractivity contribution in [2.45, 2.75) is 31.8 Å². The first-order chi connectivity index (χ1) is 20.4. The molecule has 0 spiro atoms. The lowest BCUT2D eigenvalue weighted by molar-refractivity contribution is -0.122. The van der Waals surface area contributed by atoms with E-state index in [-0.39, 0.29) is 23.7 Å². The topological polar surface area (TPSA) is 75.7 Å².